The number of hydrogen-bond acceptors (Lipinski definition) is 2. The van der Waals surface area contributed by atoms with Crippen molar-refractivity contribution in [3.8, 4) is 0 Å². The molecule has 0 aliphatic heterocycles. The molecule has 1 aromatic heterocycles. The van der Waals surface area contributed by atoms with E-state index in [4.69, 9.17) is 10.8 Å². The number of hydrogen-bond donors (Lipinski definition) is 3. The molecule has 1 heterocycles. The third-order valence-corrected chi connectivity index (χ3v) is 2.30. The quantitative estimate of drug-likeness (QED) is 0.599. The van der Waals surface area contributed by atoms with Gasteiger partial charge in [-0.25, -0.2) is 4.79 Å². The van der Waals surface area contributed by atoms with Gasteiger partial charge < -0.3 is 15.8 Å². The predicted molar refractivity (Wildman–Crippen MR) is 54.4 cm³/mol. The number of anilines is 1. The Balaban J connectivity index is 2.90. The van der Waals surface area contributed by atoms with Crippen LogP contribution in [-0.4, -0.2) is 16.1 Å². The van der Waals surface area contributed by atoms with Crippen molar-refractivity contribution < 1.29 is 9.90 Å². The van der Waals surface area contributed by atoms with E-state index in [0.29, 0.717) is 11.2 Å². The Hall–Kier alpha value is -1.97. The van der Waals surface area contributed by atoms with Crippen molar-refractivity contribution in [1.82, 2.24) is 4.98 Å². The lowest BCUT2D eigenvalue weighted by atomic mass is 10.1. The summed E-state index contributed by atoms with van der Waals surface area (Å²) in [6.07, 6.45) is 1.76. The minimum atomic E-state index is -0.947. The molecule has 1 aromatic carbocycles. The van der Waals surface area contributed by atoms with Gasteiger partial charge in [0.2, 0.25) is 0 Å². The fraction of sp³-hybridized carbons (Fsp3) is 0.100. The summed E-state index contributed by atoms with van der Waals surface area (Å²) in [7, 11) is 0. The molecule has 2 rings (SSSR count). The molecule has 0 atom stereocenters. The van der Waals surface area contributed by atoms with Gasteiger partial charge in [0, 0.05) is 17.3 Å². The van der Waals surface area contributed by atoms with Gasteiger partial charge in [-0.05, 0) is 24.6 Å². The molecular formula is C10H10N2O2. The Morgan fingerprint density at radius 2 is 2.21 bits per heavy atom. The smallest absolute Gasteiger partial charge is 0.337 e. The van der Waals surface area contributed by atoms with Gasteiger partial charge in [0.15, 0.2) is 0 Å². The van der Waals surface area contributed by atoms with E-state index in [-0.39, 0.29) is 5.56 Å². The minimum absolute atomic E-state index is 0.252. The monoisotopic (exact) mass is 190 g/mol. The molecule has 0 fully saturated rings. The molecule has 4 N–H and O–H groups in total. The second-order valence-corrected chi connectivity index (χ2v) is 3.23. The van der Waals surface area contributed by atoms with Crippen LogP contribution in [0, 0.1) is 6.92 Å². The van der Waals surface area contributed by atoms with E-state index in [0.717, 1.165) is 10.9 Å². The Kier molecular flexibility index (Phi) is 1.70. The summed E-state index contributed by atoms with van der Waals surface area (Å²) in [5, 5.41) is 9.72. The largest absolute Gasteiger partial charge is 0.478 e. The predicted octanol–water partition coefficient (Wildman–Crippen LogP) is 1.76. The number of aromatic nitrogens is 1. The number of carboxylic acid groups (broad SMARTS) is 1. The van der Waals surface area contributed by atoms with E-state index >= 15 is 0 Å². The fourth-order valence-electron chi connectivity index (χ4n) is 1.62. The molecule has 2 aromatic rings. The molecule has 0 amide bonds. The SMILES string of the molecule is Cc1c[nH]c2c(C(=O)O)ccc(N)c12. The molecule has 72 valence electrons. The Labute approximate surface area is 80.3 Å². The Morgan fingerprint density at radius 1 is 1.50 bits per heavy atom. The standard InChI is InChI=1S/C10H10N2O2/c1-5-4-12-9-6(10(13)14)2-3-7(11)8(5)9/h2-4,12H,11H2,1H3,(H,13,14). The Bertz CT molecular complexity index is 514. The molecule has 14 heavy (non-hydrogen) atoms. The number of nitrogen functional groups attached to an aromatic ring is 1. The summed E-state index contributed by atoms with van der Waals surface area (Å²) in [5.74, 6) is -0.947. The first kappa shape index (κ1) is 8.62. The highest BCUT2D eigenvalue weighted by atomic mass is 16.4. The molecule has 0 radical (unpaired) electrons. The summed E-state index contributed by atoms with van der Waals surface area (Å²) in [6, 6.07) is 3.13. The highest BCUT2D eigenvalue weighted by molar-refractivity contribution is 6.07. The van der Waals surface area contributed by atoms with Crippen LogP contribution in [0.3, 0.4) is 0 Å². The van der Waals surface area contributed by atoms with Crippen molar-refractivity contribution in [3.05, 3.63) is 29.5 Å². The maximum Gasteiger partial charge on any atom is 0.337 e. The topological polar surface area (TPSA) is 79.1 Å². The first-order valence-electron chi connectivity index (χ1n) is 4.20. The van der Waals surface area contributed by atoms with Gasteiger partial charge in [-0.3, -0.25) is 0 Å². The van der Waals surface area contributed by atoms with Crippen LogP contribution in [0.15, 0.2) is 18.3 Å². The molecule has 4 heteroatoms. The third-order valence-electron chi connectivity index (χ3n) is 2.30. The van der Waals surface area contributed by atoms with Crippen LogP contribution < -0.4 is 5.73 Å². The summed E-state index contributed by atoms with van der Waals surface area (Å²) in [4.78, 5) is 13.8. The van der Waals surface area contributed by atoms with Gasteiger partial charge >= 0.3 is 5.97 Å². The number of fused-ring (bicyclic) bond motifs is 1. The number of rotatable bonds is 1. The van der Waals surface area contributed by atoms with Crippen molar-refractivity contribution >= 4 is 22.6 Å². The summed E-state index contributed by atoms with van der Waals surface area (Å²) < 4.78 is 0. The molecular weight excluding hydrogens is 180 g/mol. The van der Waals surface area contributed by atoms with Crippen LogP contribution in [-0.2, 0) is 0 Å². The number of H-pyrrole nitrogens is 1. The lowest BCUT2D eigenvalue weighted by Gasteiger charge is -2.01. The molecule has 0 unspecified atom stereocenters. The lowest BCUT2D eigenvalue weighted by Crippen LogP contribution is -1.98. The fourth-order valence-corrected chi connectivity index (χ4v) is 1.62. The van der Waals surface area contributed by atoms with E-state index in [9.17, 15) is 4.79 Å². The number of benzene rings is 1. The molecule has 0 saturated heterocycles. The van der Waals surface area contributed by atoms with Gasteiger partial charge in [0.1, 0.15) is 0 Å². The maximum absolute atomic E-state index is 10.9. The highest BCUT2D eigenvalue weighted by Gasteiger charge is 2.12. The van der Waals surface area contributed by atoms with Gasteiger partial charge in [0.05, 0.1) is 11.1 Å². The minimum Gasteiger partial charge on any atom is -0.478 e. The van der Waals surface area contributed by atoms with Crippen LogP contribution in [0.1, 0.15) is 15.9 Å². The molecule has 0 bridgehead atoms. The molecule has 0 saturated carbocycles. The molecule has 4 nitrogen and oxygen atoms in total. The number of carbonyl (C=O) groups is 1. The molecule has 0 aliphatic carbocycles. The van der Waals surface area contributed by atoms with Gasteiger partial charge in [-0.2, -0.15) is 0 Å². The van der Waals surface area contributed by atoms with E-state index in [2.05, 4.69) is 4.98 Å². The summed E-state index contributed by atoms with van der Waals surface area (Å²) >= 11 is 0. The number of aryl methyl sites for hydroxylation is 1. The third kappa shape index (κ3) is 1.04. The second kappa shape index (κ2) is 2.77. The van der Waals surface area contributed by atoms with E-state index in [1.807, 2.05) is 6.92 Å². The van der Waals surface area contributed by atoms with Crippen molar-refractivity contribution in [1.29, 1.82) is 0 Å². The highest BCUT2D eigenvalue weighted by Crippen LogP contribution is 2.26. The summed E-state index contributed by atoms with van der Waals surface area (Å²) in [5.41, 5.74) is 8.16. The molecule has 0 aliphatic rings. The maximum atomic E-state index is 10.9. The van der Waals surface area contributed by atoms with E-state index < -0.39 is 5.97 Å². The Morgan fingerprint density at radius 3 is 2.86 bits per heavy atom. The first-order valence-corrected chi connectivity index (χ1v) is 4.20. The number of nitrogens with two attached hydrogens (primary N) is 1. The summed E-state index contributed by atoms with van der Waals surface area (Å²) in [6.45, 7) is 1.89. The number of carboxylic acids is 1. The van der Waals surface area contributed by atoms with Crippen LogP contribution >= 0.6 is 0 Å². The number of nitrogens with one attached hydrogen (secondary N) is 1. The normalized spacial score (nSPS) is 10.6. The van der Waals surface area contributed by atoms with Crippen LogP contribution in [0.2, 0.25) is 0 Å². The number of aromatic amines is 1. The van der Waals surface area contributed by atoms with E-state index in [1.165, 1.54) is 6.07 Å². The molecule has 0 spiro atoms. The van der Waals surface area contributed by atoms with E-state index in [1.54, 1.807) is 12.3 Å². The van der Waals surface area contributed by atoms with Crippen LogP contribution in [0.25, 0.3) is 10.9 Å². The van der Waals surface area contributed by atoms with Gasteiger partial charge in [0.25, 0.3) is 0 Å². The van der Waals surface area contributed by atoms with Crippen molar-refractivity contribution in [2.75, 3.05) is 5.73 Å². The van der Waals surface area contributed by atoms with Crippen molar-refractivity contribution in [2.24, 2.45) is 0 Å². The zero-order valence-corrected chi connectivity index (χ0v) is 7.66. The van der Waals surface area contributed by atoms with Crippen LogP contribution in [0.5, 0.6) is 0 Å². The number of aromatic carboxylic acids is 1. The average Bonchev–Trinajstić information content (AvgIpc) is 2.49. The zero-order valence-electron chi connectivity index (χ0n) is 7.66. The van der Waals surface area contributed by atoms with Crippen LogP contribution in [0.4, 0.5) is 5.69 Å². The van der Waals surface area contributed by atoms with Gasteiger partial charge in [-0.1, -0.05) is 0 Å². The first-order chi connectivity index (χ1) is 6.61. The van der Waals surface area contributed by atoms with Gasteiger partial charge in [-0.15, -0.1) is 0 Å². The second-order valence-electron chi connectivity index (χ2n) is 3.23. The average molecular weight is 190 g/mol. The van der Waals surface area contributed by atoms with Crippen molar-refractivity contribution in [2.45, 2.75) is 6.92 Å². The van der Waals surface area contributed by atoms with Crippen molar-refractivity contribution in [3.63, 3.8) is 0 Å². The lowest BCUT2D eigenvalue weighted by molar-refractivity contribution is 0.0699. The zero-order chi connectivity index (χ0) is 10.3.